The number of nitrogens with zero attached hydrogens (tertiary/aromatic N) is 1. The number of ether oxygens (including phenoxy) is 1. The van der Waals surface area contributed by atoms with Crippen molar-refractivity contribution in [1.82, 2.24) is 4.98 Å². The van der Waals surface area contributed by atoms with Crippen LogP contribution in [0.5, 0.6) is 5.75 Å². The Kier molecular flexibility index (Phi) is 3.51. The fourth-order valence-corrected chi connectivity index (χ4v) is 2.67. The summed E-state index contributed by atoms with van der Waals surface area (Å²) in [5.41, 5.74) is 3.03. The molecule has 1 N–H and O–H groups in total. The zero-order chi connectivity index (χ0) is 15.7. The van der Waals surface area contributed by atoms with Gasteiger partial charge in [0.1, 0.15) is 11.3 Å². The summed E-state index contributed by atoms with van der Waals surface area (Å²) in [7, 11) is 1.47. The molecule has 0 aliphatic rings. The Morgan fingerprint density at radius 2 is 1.82 bits per heavy atom. The van der Waals surface area contributed by atoms with E-state index in [-0.39, 0.29) is 5.56 Å². The fourth-order valence-electron chi connectivity index (χ4n) is 2.67. The number of carboxylic acids is 1. The molecule has 0 bridgehead atoms. The zero-order valence-corrected chi connectivity index (χ0v) is 12.3. The van der Waals surface area contributed by atoms with E-state index >= 15 is 0 Å². The molecular weight excluding hydrogens is 278 g/mol. The number of fused-ring (bicyclic) bond motifs is 1. The van der Waals surface area contributed by atoms with Crippen LogP contribution in [0.1, 0.15) is 15.9 Å². The Morgan fingerprint density at radius 1 is 1.09 bits per heavy atom. The van der Waals surface area contributed by atoms with E-state index in [1.807, 2.05) is 55.5 Å². The van der Waals surface area contributed by atoms with Gasteiger partial charge in [-0.3, -0.25) is 0 Å². The van der Waals surface area contributed by atoms with Gasteiger partial charge in [0.15, 0.2) is 5.75 Å². The summed E-state index contributed by atoms with van der Waals surface area (Å²) in [4.78, 5) is 16.5. The monoisotopic (exact) mass is 293 g/mol. The van der Waals surface area contributed by atoms with E-state index in [1.54, 1.807) is 0 Å². The third kappa shape index (κ3) is 2.19. The van der Waals surface area contributed by atoms with E-state index in [9.17, 15) is 9.90 Å². The lowest BCUT2D eigenvalue weighted by Crippen LogP contribution is -2.06. The van der Waals surface area contributed by atoms with Crippen LogP contribution in [0.3, 0.4) is 0 Å². The smallest absolute Gasteiger partial charge is 0.340 e. The van der Waals surface area contributed by atoms with Gasteiger partial charge in [-0.2, -0.15) is 0 Å². The van der Waals surface area contributed by atoms with Crippen molar-refractivity contribution in [3.8, 4) is 17.0 Å². The van der Waals surface area contributed by atoms with Crippen molar-refractivity contribution >= 4 is 16.9 Å². The number of pyridine rings is 1. The molecule has 0 atom stereocenters. The summed E-state index contributed by atoms with van der Waals surface area (Å²) >= 11 is 0. The number of methoxy groups -OCH3 is 1. The first kappa shape index (κ1) is 14.1. The molecule has 0 unspecified atom stereocenters. The van der Waals surface area contributed by atoms with Crippen molar-refractivity contribution in [2.75, 3.05) is 7.11 Å². The molecule has 0 aliphatic carbocycles. The van der Waals surface area contributed by atoms with Gasteiger partial charge >= 0.3 is 5.97 Å². The maximum Gasteiger partial charge on any atom is 0.340 e. The quantitative estimate of drug-likeness (QED) is 0.795. The van der Waals surface area contributed by atoms with Gasteiger partial charge in [0.05, 0.1) is 12.6 Å². The third-order valence-corrected chi connectivity index (χ3v) is 3.64. The second-order valence-electron chi connectivity index (χ2n) is 5.01. The molecule has 22 heavy (non-hydrogen) atoms. The van der Waals surface area contributed by atoms with Gasteiger partial charge in [0, 0.05) is 10.9 Å². The Bertz CT molecular complexity index is 857. The van der Waals surface area contributed by atoms with Gasteiger partial charge in [-0.15, -0.1) is 0 Å². The van der Waals surface area contributed by atoms with Crippen molar-refractivity contribution in [3.63, 3.8) is 0 Å². The summed E-state index contributed by atoms with van der Waals surface area (Å²) in [6, 6.07) is 15.0. The van der Waals surface area contributed by atoms with E-state index in [4.69, 9.17) is 4.74 Å². The summed E-state index contributed by atoms with van der Waals surface area (Å²) in [6.07, 6.45) is 0. The lowest BCUT2D eigenvalue weighted by Gasteiger charge is -2.15. The highest BCUT2D eigenvalue weighted by molar-refractivity contribution is 6.08. The van der Waals surface area contributed by atoms with Gasteiger partial charge in [0.25, 0.3) is 0 Å². The molecule has 0 aliphatic heterocycles. The molecule has 0 fully saturated rings. The topological polar surface area (TPSA) is 59.4 Å². The largest absolute Gasteiger partial charge is 0.494 e. The highest BCUT2D eigenvalue weighted by Crippen LogP contribution is 2.37. The van der Waals surface area contributed by atoms with E-state index in [0.717, 1.165) is 11.1 Å². The van der Waals surface area contributed by atoms with Crippen molar-refractivity contribution < 1.29 is 14.6 Å². The number of aromatic carboxylic acids is 1. The molecule has 4 heteroatoms. The molecule has 1 heterocycles. The second-order valence-corrected chi connectivity index (χ2v) is 5.01. The average molecular weight is 293 g/mol. The number of aromatic nitrogens is 1. The van der Waals surface area contributed by atoms with Gasteiger partial charge in [-0.25, -0.2) is 9.78 Å². The van der Waals surface area contributed by atoms with Crippen LogP contribution >= 0.6 is 0 Å². The number of hydrogen-bond donors (Lipinski definition) is 1. The first-order valence-corrected chi connectivity index (χ1v) is 6.89. The number of aryl methyl sites for hydroxylation is 1. The van der Waals surface area contributed by atoms with Crippen molar-refractivity contribution in [1.29, 1.82) is 0 Å². The van der Waals surface area contributed by atoms with Crippen molar-refractivity contribution in [3.05, 3.63) is 59.7 Å². The third-order valence-electron chi connectivity index (χ3n) is 3.64. The molecule has 0 saturated carbocycles. The van der Waals surface area contributed by atoms with E-state index in [2.05, 4.69) is 4.98 Å². The lowest BCUT2D eigenvalue weighted by molar-refractivity contribution is 0.0695. The van der Waals surface area contributed by atoms with Gasteiger partial charge in [-0.1, -0.05) is 42.5 Å². The number of hydrogen-bond acceptors (Lipinski definition) is 3. The lowest BCUT2D eigenvalue weighted by atomic mass is 9.99. The van der Waals surface area contributed by atoms with Crippen LogP contribution in [0.4, 0.5) is 0 Å². The molecule has 2 aromatic carbocycles. The molecule has 0 radical (unpaired) electrons. The fraction of sp³-hybridized carbons (Fsp3) is 0.111. The van der Waals surface area contributed by atoms with Crippen molar-refractivity contribution in [2.24, 2.45) is 0 Å². The van der Waals surface area contributed by atoms with Crippen LogP contribution in [0, 0.1) is 6.92 Å². The van der Waals surface area contributed by atoms with E-state index in [1.165, 1.54) is 7.11 Å². The first-order chi connectivity index (χ1) is 10.6. The summed E-state index contributed by atoms with van der Waals surface area (Å²) < 4.78 is 5.41. The molecule has 4 nitrogen and oxygen atoms in total. The second kappa shape index (κ2) is 5.48. The van der Waals surface area contributed by atoms with Crippen LogP contribution < -0.4 is 4.74 Å². The maximum atomic E-state index is 11.8. The highest BCUT2D eigenvalue weighted by Gasteiger charge is 2.22. The summed E-state index contributed by atoms with van der Waals surface area (Å²) in [5.74, 6) is -0.726. The molecular formula is C18H15NO3. The Hall–Kier alpha value is -2.88. The summed E-state index contributed by atoms with van der Waals surface area (Å²) in [6.45, 7) is 1.87. The summed E-state index contributed by atoms with van der Waals surface area (Å²) in [5, 5.41) is 10.3. The Balaban J connectivity index is 2.47. The number of rotatable bonds is 3. The van der Waals surface area contributed by atoms with E-state index < -0.39 is 5.97 Å². The number of carbonyl (C=O) groups is 1. The molecule has 1 aromatic heterocycles. The zero-order valence-electron chi connectivity index (χ0n) is 12.3. The van der Waals surface area contributed by atoms with Gasteiger partial charge < -0.3 is 9.84 Å². The number of carboxylic acid groups (broad SMARTS) is 1. The van der Waals surface area contributed by atoms with Crippen LogP contribution in [-0.4, -0.2) is 23.2 Å². The van der Waals surface area contributed by atoms with Crippen LogP contribution in [0.15, 0.2) is 48.5 Å². The minimum atomic E-state index is -1.02. The normalized spacial score (nSPS) is 10.6. The minimum Gasteiger partial charge on any atom is -0.494 e. The van der Waals surface area contributed by atoms with E-state index in [0.29, 0.717) is 22.3 Å². The first-order valence-electron chi connectivity index (χ1n) is 6.89. The predicted molar refractivity (Wildman–Crippen MR) is 85.4 cm³/mol. The van der Waals surface area contributed by atoms with Gasteiger partial charge in [-0.05, 0) is 18.6 Å². The SMILES string of the molecule is COc1c(-c2ccccc2)nc2cccc(C)c2c1C(=O)O. The van der Waals surface area contributed by atoms with Crippen LogP contribution in [0.2, 0.25) is 0 Å². The Labute approximate surface area is 128 Å². The maximum absolute atomic E-state index is 11.8. The molecule has 0 spiro atoms. The Morgan fingerprint density at radius 3 is 2.45 bits per heavy atom. The highest BCUT2D eigenvalue weighted by atomic mass is 16.5. The van der Waals surface area contributed by atoms with Crippen LogP contribution in [-0.2, 0) is 0 Å². The average Bonchev–Trinajstić information content (AvgIpc) is 2.54. The minimum absolute atomic E-state index is 0.157. The molecule has 3 aromatic rings. The standard InChI is InChI=1S/C18H15NO3/c1-11-7-6-10-13-14(11)15(18(20)21)17(22-2)16(19-13)12-8-4-3-5-9-12/h3-10H,1-2H3,(H,20,21). The van der Waals surface area contributed by atoms with Gasteiger partial charge in [0.2, 0.25) is 0 Å². The molecule has 0 amide bonds. The van der Waals surface area contributed by atoms with Crippen molar-refractivity contribution in [2.45, 2.75) is 6.92 Å². The van der Waals surface area contributed by atoms with Crippen LogP contribution in [0.25, 0.3) is 22.2 Å². The number of benzene rings is 2. The predicted octanol–water partition coefficient (Wildman–Crippen LogP) is 3.92. The molecule has 3 rings (SSSR count). The molecule has 0 saturated heterocycles. The molecule has 110 valence electrons.